The van der Waals surface area contributed by atoms with E-state index in [4.69, 9.17) is 19.4 Å². The molecule has 17 nitrogen and oxygen atoms in total. The summed E-state index contributed by atoms with van der Waals surface area (Å²) >= 11 is 1.25. The normalized spacial score (nSPS) is 19.3. The summed E-state index contributed by atoms with van der Waals surface area (Å²) in [7, 11) is -0.0584. The molecule has 3 fully saturated rings. The van der Waals surface area contributed by atoms with Gasteiger partial charge in [-0.25, -0.2) is 24.1 Å². The van der Waals surface area contributed by atoms with Gasteiger partial charge < -0.3 is 34.5 Å². The summed E-state index contributed by atoms with van der Waals surface area (Å²) < 4.78 is 30.3. The maximum Gasteiger partial charge on any atom is 0.408 e. The van der Waals surface area contributed by atoms with Crippen molar-refractivity contribution in [2.75, 3.05) is 51.3 Å². The first kappa shape index (κ1) is 52.3. The summed E-state index contributed by atoms with van der Waals surface area (Å²) in [5.74, 6) is -1.74. The van der Waals surface area contributed by atoms with Crippen molar-refractivity contribution in [3.05, 3.63) is 52.1 Å². The SMILES string of the molecule is CCn1c(-c2cc(N3CCN(C4CC4)CC3)cnc2[C@H](C)OC)c(CC(C)(C)CO)c2cc(-c3csc([C@@H](N[S@@](=O)C(C)(C)C)[C@H](NC(=O)OC(C)(C)C)C(=O)N4CCC[C@@H](C(=O)O)N4)n3)ccc21. The molecule has 7 rings (SSSR count). The number of aliphatic carboxylic acids is 1. The van der Waals surface area contributed by atoms with Gasteiger partial charge in [-0.15, -0.1) is 11.3 Å². The number of anilines is 1. The molecule has 2 aliphatic heterocycles. The molecule has 5 atom stereocenters. The van der Waals surface area contributed by atoms with Gasteiger partial charge in [0.2, 0.25) is 0 Å². The minimum Gasteiger partial charge on any atom is -0.480 e. The molecule has 5 N–H and O–H groups in total. The van der Waals surface area contributed by atoms with Gasteiger partial charge in [-0.1, -0.05) is 19.9 Å². The van der Waals surface area contributed by atoms with Crippen LogP contribution in [0, 0.1) is 5.41 Å². The number of nitrogens with one attached hydrogen (secondary N) is 3. The molecule has 1 saturated carbocycles. The fourth-order valence-corrected chi connectivity index (χ4v) is 10.9. The van der Waals surface area contributed by atoms with Crippen LogP contribution < -0.4 is 20.4 Å². The number of benzene rings is 1. The second kappa shape index (κ2) is 21.1. The summed E-state index contributed by atoms with van der Waals surface area (Å²) in [5.41, 5.74) is 8.79. The Morgan fingerprint density at radius 3 is 2.33 bits per heavy atom. The van der Waals surface area contributed by atoms with Crippen molar-refractivity contribution in [3.63, 3.8) is 0 Å². The van der Waals surface area contributed by atoms with Gasteiger partial charge in [0.15, 0.2) is 0 Å². The van der Waals surface area contributed by atoms with Gasteiger partial charge in [-0.05, 0) is 117 Å². The maximum absolute atomic E-state index is 14.6. The molecule has 19 heteroatoms. The van der Waals surface area contributed by atoms with E-state index >= 15 is 0 Å². The number of methoxy groups -OCH3 is 1. The quantitative estimate of drug-likeness (QED) is 0.0727. The fraction of sp³-hybridized carbons (Fsp3) is 0.620. The third kappa shape index (κ3) is 12.2. The summed E-state index contributed by atoms with van der Waals surface area (Å²) in [6.07, 6.45) is 4.66. The highest BCUT2D eigenvalue weighted by molar-refractivity contribution is 7.84. The third-order valence-electron chi connectivity index (χ3n) is 13.1. The van der Waals surface area contributed by atoms with Crippen LogP contribution in [0.3, 0.4) is 0 Å². The molecule has 1 aliphatic carbocycles. The molecule has 2 amide bonds. The average Bonchev–Trinajstić information content (AvgIpc) is 3.97. The number of aliphatic hydroxyl groups excluding tert-OH is 1. The minimum atomic E-state index is -1.76. The molecule has 3 aromatic heterocycles. The number of rotatable bonds is 17. The number of aromatic nitrogens is 3. The fourth-order valence-electron chi connectivity index (χ4n) is 9.11. The van der Waals surface area contributed by atoms with Crippen molar-refractivity contribution in [3.8, 4) is 22.5 Å². The largest absolute Gasteiger partial charge is 0.480 e. The van der Waals surface area contributed by atoms with Gasteiger partial charge in [0.25, 0.3) is 5.91 Å². The number of fused-ring (bicyclic) bond motifs is 1. The van der Waals surface area contributed by atoms with Crippen LogP contribution in [-0.4, -0.2) is 132 Å². The van der Waals surface area contributed by atoms with Crippen molar-refractivity contribution < 1.29 is 38.3 Å². The average molecular weight is 992 g/mol. The Kier molecular flexibility index (Phi) is 16.0. The zero-order valence-electron chi connectivity index (χ0n) is 42.2. The maximum atomic E-state index is 14.6. The second-order valence-corrected chi connectivity index (χ2v) is 24.3. The molecule has 0 radical (unpaired) electrons. The molecule has 0 bridgehead atoms. The van der Waals surface area contributed by atoms with E-state index in [9.17, 15) is 28.8 Å². The summed E-state index contributed by atoms with van der Waals surface area (Å²) in [6.45, 7) is 23.5. The minimum absolute atomic E-state index is 0.0310. The number of pyridine rings is 1. The van der Waals surface area contributed by atoms with Crippen LogP contribution >= 0.6 is 11.3 Å². The number of thiazole rings is 1. The van der Waals surface area contributed by atoms with Crippen LogP contribution in [0.2, 0.25) is 0 Å². The first-order chi connectivity index (χ1) is 32.5. The van der Waals surface area contributed by atoms with Gasteiger partial charge in [0.05, 0.1) is 50.8 Å². The smallest absolute Gasteiger partial charge is 0.408 e. The Balaban J connectivity index is 1.34. The van der Waals surface area contributed by atoms with Crippen LogP contribution in [0.1, 0.15) is 123 Å². The molecule has 0 unspecified atom stereocenters. The summed E-state index contributed by atoms with van der Waals surface area (Å²) in [5, 5.41) is 27.8. The molecule has 69 heavy (non-hydrogen) atoms. The topological polar surface area (TPSA) is 204 Å². The Morgan fingerprint density at radius 1 is 1.01 bits per heavy atom. The molecule has 5 heterocycles. The van der Waals surface area contributed by atoms with Crippen LogP contribution in [0.15, 0.2) is 35.8 Å². The van der Waals surface area contributed by atoms with Crippen LogP contribution in [0.25, 0.3) is 33.4 Å². The van der Waals surface area contributed by atoms with Crippen LogP contribution in [0.4, 0.5) is 10.5 Å². The van der Waals surface area contributed by atoms with Gasteiger partial charge in [0.1, 0.15) is 28.7 Å². The molecular weight excluding hydrogens is 919 g/mol. The van der Waals surface area contributed by atoms with Crippen molar-refractivity contribution in [2.24, 2.45) is 5.41 Å². The van der Waals surface area contributed by atoms with Gasteiger partial charge >= 0.3 is 12.1 Å². The standard InChI is InChI=1S/C50H73N9O8S2/c1-12-58-39-18-15-31(24-34(39)36(26-50(9,10)29-60)43(58)35-25-33(27-51-40(35)30(2)66-11)57-22-20-56(21-23-57)32-16-17-32)38-28-68-44(52-38)41(55-69(65)49(6,7)8)42(53-47(64)67-48(3,4)5)45(61)59-19-13-14-37(54-59)46(62)63/h15,18,24-25,27-28,30,32,37,41-42,54-55,60H,12-14,16-17,19-23,26,29H2,1-11H3,(H,53,64)(H,62,63)/t30-,37-,41-,42-,69-/m0/s1. The number of aryl methyl sites for hydroxylation is 1. The predicted molar refractivity (Wildman–Crippen MR) is 271 cm³/mol. The predicted octanol–water partition coefficient (Wildman–Crippen LogP) is 6.97. The van der Waals surface area contributed by atoms with Crippen molar-refractivity contribution in [1.82, 2.24) is 39.9 Å². The number of carboxylic acids is 1. The zero-order chi connectivity index (χ0) is 50.2. The molecule has 4 aromatic rings. The second-order valence-electron chi connectivity index (χ2n) is 21.4. The Labute approximate surface area is 413 Å². The molecule has 2 saturated heterocycles. The number of piperazine rings is 1. The zero-order valence-corrected chi connectivity index (χ0v) is 43.8. The van der Waals surface area contributed by atoms with Gasteiger partial charge in [-0.3, -0.25) is 24.5 Å². The van der Waals surface area contributed by atoms with E-state index in [1.165, 1.54) is 29.2 Å². The molecule has 0 spiro atoms. The lowest BCUT2D eigenvalue weighted by Gasteiger charge is -2.37. The lowest BCUT2D eigenvalue weighted by atomic mass is 9.84. The molecular formula is C50H73N9O8S2. The molecule has 378 valence electrons. The molecule has 3 aliphatic rings. The number of amides is 2. The number of ether oxygens (including phenoxy) is 2. The van der Waals surface area contributed by atoms with E-state index in [0.29, 0.717) is 36.5 Å². The highest BCUT2D eigenvalue weighted by atomic mass is 32.2. The lowest BCUT2D eigenvalue weighted by molar-refractivity contribution is -0.148. The number of aliphatic hydroxyl groups is 1. The van der Waals surface area contributed by atoms with E-state index in [2.05, 4.69) is 68.8 Å². The highest BCUT2D eigenvalue weighted by Crippen LogP contribution is 2.43. The summed E-state index contributed by atoms with van der Waals surface area (Å²) in [6, 6.07) is 5.67. The number of hydrogen-bond acceptors (Lipinski definition) is 13. The first-order valence-electron chi connectivity index (χ1n) is 24.2. The number of nitrogens with zero attached hydrogens (tertiary/aromatic N) is 6. The van der Waals surface area contributed by atoms with E-state index in [1.54, 1.807) is 48.7 Å². The van der Waals surface area contributed by atoms with Crippen LogP contribution in [0.5, 0.6) is 0 Å². The van der Waals surface area contributed by atoms with Crippen LogP contribution in [-0.2, 0) is 43.0 Å². The Hall–Kier alpha value is -4.50. The number of carbonyl (C=O) groups is 3. The van der Waals surface area contributed by atoms with E-state index in [-0.39, 0.29) is 19.3 Å². The monoisotopic (exact) mass is 992 g/mol. The van der Waals surface area contributed by atoms with E-state index in [0.717, 1.165) is 76.9 Å². The first-order valence-corrected chi connectivity index (χ1v) is 26.3. The number of hydrogen-bond donors (Lipinski definition) is 5. The van der Waals surface area contributed by atoms with Crippen molar-refractivity contribution in [1.29, 1.82) is 0 Å². The third-order valence-corrected chi connectivity index (χ3v) is 15.6. The lowest BCUT2D eigenvalue weighted by Crippen LogP contribution is -2.62. The van der Waals surface area contributed by atoms with E-state index in [1.807, 2.05) is 24.6 Å². The molecule has 1 aromatic carbocycles. The Morgan fingerprint density at radius 2 is 1.72 bits per heavy atom. The van der Waals surface area contributed by atoms with E-state index < -0.39 is 62.8 Å². The number of alkyl carbamates (subject to hydrolysis) is 1. The van der Waals surface area contributed by atoms with Crippen molar-refractivity contribution >= 4 is 56.9 Å². The van der Waals surface area contributed by atoms with Gasteiger partial charge in [-0.2, -0.15) is 0 Å². The number of carboxylic acid groups (broad SMARTS) is 1. The van der Waals surface area contributed by atoms with Gasteiger partial charge in [0, 0.05) is 86.4 Å². The number of carbonyl (C=O) groups excluding carboxylic acids is 2. The Bertz CT molecular complexity index is 2520. The number of hydrazine groups is 1. The summed E-state index contributed by atoms with van der Waals surface area (Å²) in [4.78, 5) is 55.5. The van der Waals surface area contributed by atoms with Crippen molar-refractivity contribution in [2.45, 2.75) is 149 Å². The highest BCUT2D eigenvalue weighted by Gasteiger charge is 2.42.